The van der Waals surface area contributed by atoms with Crippen LogP contribution in [0.2, 0.25) is 0 Å². The normalized spacial score (nSPS) is 21.4. The van der Waals surface area contributed by atoms with Crippen molar-refractivity contribution in [2.75, 3.05) is 31.6 Å². The standard InChI is InChI=1S/C21H24N2O3/c1-15-4-2-5-17(12-15)22-21(24)14-23-9-3-6-18(23)16-7-8-19-20(13-16)26-11-10-25-19/h2,4-5,7-8,12-13,18H,3,6,9-11,14H2,1H3,(H,22,24)/p+1/t18-/m1/s1. The molecule has 1 amide bonds. The van der Waals surface area contributed by atoms with Crippen molar-refractivity contribution in [3.8, 4) is 11.5 Å². The minimum absolute atomic E-state index is 0.0649. The molecule has 0 aliphatic carbocycles. The second kappa shape index (κ2) is 7.38. The summed E-state index contributed by atoms with van der Waals surface area (Å²) in [4.78, 5) is 13.8. The Labute approximate surface area is 153 Å². The van der Waals surface area contributed by atoms with Crippen molar-refractivity contribution in [2.45, 2.75) is 25.8 Å². The van der Waals surface area contributed by atoms with Gasteiger partial charge >= 0.3 is 0 Å². The molecular weight excluding hydrogens is 328 g/mol. The highest BCUT2D eigenvalue weighted by Crippen LogP contribution is 2.33. The first-order chi connectivity index (χ1) is 12.7. The second-order valence-corrected chi connectivity index (χ2v) is 7.10. The number of benzene rings is 2. The van der Waals surface area contributed by atoms with Gasteiger partial charge in [-0.05, 0) is 42.8 Å². The Morgan fingerprint density at radius 2 is 2.00 bits per heavy atom. The largest absolute Gasteiger partial charge is 0.486 e. The van der Waals surface area contributed by atoms with Gasteiger partial charge in [0.2, 0.25) is 0 Å². The molecule has 2 aliphatic heterocycles. The van der Waals surface area contributed by atoms with Gasteiger partial charge in [-0.2, -0.15) is 0 Å². The molecule has 5 nitrogen and oxygen atoms in total. The lowest BCUT2D eigenvalue weighted by Crippen LogP contribution is -3.11. The lowest BCUT2D eigenvalue weighted by Gasteiger charge is -2.24. The molecule has 2 aromatic carbocycles. The number of hydrogen-bond donors (Lipinski definition) is 2. The van der Waals surface area contributed by atoms with Crippen molar-refractivity contribution in [3.63, 3.8) is 0 Å². The topological polar surface area (TPSA) is 52.0 Å². The molecule has 2 aromatic rings. The van der Waals surface area contributed by atoms with Crippen LogP contribution in [-0.4, -0.2) is 32.2 Å². The minimum atomic E-state index is 0.0649. The van der Waals surface area contributed by atoms with Gasteiger partial charge < -0.3 is 19.7 Å². The molecule has 2 N–H and O–H groups in total. The number of quaternary nitrogens is 1. The number of ether oxygens (including phenoxy) is 2. The third-order valence-electron chi connectivity index (χ3n) is 5.14. The number of hydrogen-bond acceptors (Lipinski definition) is 3. The summed E-state index contributed by atoms with van der Waals surface area (Å²) < 4.78 is 11.3. The first-order valence-corrected chi connectivity index (χ1v) is 9.30. The van der Waals surface area contributed by atoms with Crippen LogP contribution in [0.5, 0.6) is 11.5 Å². The van der Waals surface area contributed by atoms with Gasteiger partial charge in [0, 0.05) is 24.1 Å². The van der Waals surface area contributed by atoms with E-state index in [1.54, 1.807) is 0 Å². The van der Waals surface area contributed by atoms with E-state index in [0.29, 0.717) is 25.8 Å². The van der Waals surface area contributed by atoms with E-state index in [1.165, 1.54) is 10.5 Å². The van der Waals surface area contributed by atoms with Crippen LogP contribution in [0.25, 0.3) is 0 Å². The quantitative estimate of drug-likeness (QED) is 0.885. The Morgan fingerprint density at radius 1 is 1.15 bits per heavy atom. The average molecular weight is 353 g/mol. The van der Waals surface area contributed by atoms with E-state index >= 15 is 0 Å². The summed E-state index contributed by atoms with van der Waals surface area (Å²) in [5.74, 6) is 1.70. The minimum Gasteiger partial charge on any atom is -0.486 e. The average Bonchev–Trinajstić information content (AvgIpc) is 3.09. The highest BCUT2D eigenvalue weighted by Gasteiger charge is 2.32. The first kappa shape index (κ1) is 16.9. The summed E-state index contributed by atoms with van der Waals surface area (Å²) >= 11 is 0. The molecule has 0 saturated carbocycles. The van der Waals surface area contributed by atoms with Crippen LogP contribution in [0, 0.1) is 6.92 Å². The Kier molecular flexibility index (Phi) is 4.80. The molecule has 0 aromatic heterocycles. The summed E-state index contributed by atoms with van der Waals surface area (Å²) in [6.07, 6.45) is 2.22. The maximum absolute atomic E-state index is 12.5. The van der Waals surface area contributed by atoms with E-state index in [1.807, 2.05) is 37.3 Å². The monoisotopic (exact) mass is 353 g/mol. The van der Waals surface area contributed by atoms with E-state index in [4.69, 9.17) is 9.47 Å². The Hall–Kier alpha value is -2.53. The van der Waals surface area contributed by atoms with Crippen LogP contribution in [0.4, 0.5) is 5.69 Å². The van der Waals surface area contributed by atoms with Gasteiger partial charge in [-0.15, -0.1) is 0 Å². The fraction of sp³-hybridized carbons (Fsp3) is 0.381. The third-order valence-corrected chi connectivity index (χ3v) is 5.14. The van der Waals surface area contributed by atoms with Crippen molar-refractivity contribution in [1.29, 1.82) is 0 Å². The van der Waals surface area contributed by atoms with Crippen LogP contribution in [0.1, 0.15) is 30.0 Å². The molecule has 0 spiro atoms. The van der Waals surface area contributed by atoms with Gasteiger partial charge in [-0.1, -0.05) is 12.1 Å². The van der Waals surface area contributed by atoms with Gasteiger partial charge in [-0.25, -0.2) is 0 Å². The van der Waals surface area contributed by atoms with E-state index in [2.05, 4.69) is 17.4 Å². The molecule has 1 unspecified atom stereocenters. The zero-order valence-corrected chi connectivity index (χ0v) is 15.1. The number of aryl methyl sites for hydroxylation is 1. The highest BCUT2D eigenvalue weighted by atomic mass is 16.6. The van der Waals surface area contributed by atoms with Gasteiger partial charge in [0.1, 0.15) is 19.3 Å². The number of carbonyl (C=O) groups is 1. The van der Waals surface area contributed by atoms with Crippen molar-refractivity contribution in [2.24, 2.45) is 0 Å². The lowest BCUT2D eigenvalue weighted by molar-refractivity contribution is -0.910. The second-order valence-electron chi connectivity index (χ2n) is 7.10. The molecule has 0 bridgehead atoms. The van der Waals surface area contributed by atoms with Gasteiger partial charge in [-0.3, -0.25) is 4.79 Å². The predicted molar refractivity (Wildman–Crippen MR) is 99.9 cm³/mol. The molecule has 26 heavy (non-hydrogen) atoms. The van der Waals surface area contributed by atoms with Crippen LogP contribution < -0.4 is 19.7 Å². The molecule has 136 valence electrons. The number of carbonyl (C=O) groups excluding carboxylic acids is 1. The maximum Gasteiger partial charge on any atom is 0.279 e. The van der Waals surface area contributed by atoms with Gasteiger partial charge in [0.15, 0.2) is 18.0 Å². The van der Waals surface area contributed by atoms with Crippen LogP contribution in [0.3, 0.4) is 0 Å². The summed E-state index contributed by atoms with van der Waals surface area (Å²) in [6, 6.07) is 14.4. The van der Waals surface area contributed by atoms with E-state index in [9.17, 15) is 4.79 Å². The van der Waals surface area contributed by atoms with Gasteiger partial charge in [0.05, 0.1) is 6.54 Å². The van der Waals surface area contributed by atoms with Crippen molar-refractivity contribution < 1.29 is 19.2 Å². The number of fused-ring (bicyclic) bond motifs is 1. The van der Waals surface area contributed by atoms with E-state index in [0.717, 1.165) is 42.1 Å². The smallest absolute Gasteiger partial charge is 0.279 e. The van der Waals surface area contributed by atoms with Crippen LogP contribution in [0.15, 0.2) is 42.5 Å². The molecule has 2 heterocycles. The summed E-state index contributed by atoms with van der Waals surface area (Å²) in [7, 11) is 0. The molecule has 0 radical (unpaired) electrons. The maximum atomic E-state index is 12.5. The summed E-state index contributed by atoms with van der Waals surface area (Å²) in [5.41, 5.74) is 3.24. The summed E-state index contributed by atoms with van der Waals surface area (Å²) in [6.45, 7) is 4.72. The van der Waals surface area contributed by atoms with Crippen molar-refractivity contribution in [3.05, 3.63) is 53.6 Å². The van der Waals surface area contributed by atoms with E-state index < -0.39 is 0 Å². The number of amides is 1. The fourth-order valence-corrected chi connectivity index (χ4v) is 3.94. The number of anilines is 1. The SMILES string of the molecule is Cc1cccc(NC(=O)C[NH+]2CCC[C@@H]2c2ccc3c(c2)OCCO3)c1. The lowest BCUT2D eigenvalue weighted by atomic mass is 10.0. The van der Waals surface area contributed by atoms with Crippen LogP contribution in [-0.2, 0) is 4.79 Å². The van der Waals surface area contributed by atoms with Gasteiger partial charge in [0.25, 0.3) is 5.91 Å². The zero-order valence-electron chi connectivity index (χ0n) is 15.1. The molecule has 2 aliphatic rings. The summed E-state index contributed by atoms with van der Waals surface area (Å²) in [5, 5.41) is 3.03. The predicted octanol–water partition coefficient (Wildman–Crippen LogP) is 2.12. The Morgan fingerprint density at radius 3 is 2.85 bits per heavy atom. The fourth-order valence-electron chi connectivity index (χ4n) is 3.94. The number of likely N-dealkylation sites (tertiary alicyclic amines) is 1. The molecule has 5 heteroatoms. The van der Waals surface area contributed by atoms with Crippen molar-refractivity contribution in [1.82, 2.24) is 0 Å². The number of rotatable bonds is 4. The molecule has 1 fully saturated rings. The molecule has 1 saturated heterocycles. The third kappa shape index (κ3) is 3.68. The van der Waals surface area contributed by atoms with E-state index in [-0.39, 0.29) is 5.91 Å². The molecule has 2 atom stereocenters. The number of nitrogens with one attached hydrogen (secondary N) is 2. The molecule has 4 rings (SSSR count). The Balaban J connectivity index is 1.44. The van der Waals surface area contributed by atoms with Crippen molar-refractivity contribution >= 4 is 11.6 Å². The Bertz CT molecular complexity index is 806. The zero-order chi connectivity index (χ0) is 17.9. The first-order valence-electron chi connectivity index (χ1n) is 9.30. The highest BCUT2D eigenvalue weighted by molar-refractivity contribution is 5.91. The van der Waals surface area contributed by atoms with Crippen LogP contribution >= 0.6 is 0 Å². The molecular formula is C21H25N2O3+.